The number of aliphatic hydroxyl groups excluding tert-OH is 1. The molecule has 1 aromatic carbocycles. The van der Waals surface area contributed by atoms with Crippen LogP contribution in [0.1, 0.15) is 0 Å². The Morgan fingerprint density at radius 1 is 1.54 bits per heavy atom. The molecule has 3 heteroatoms. The molecule has 0 amide bonds. The molecule has 0 aliphatic carbocycles. The van der Waals surface area contributed by atoms with Gasteiger partial charge in [0.25, 0.3) is 0 Å². The number of anilines is 1. The quantitative estimate of drug-likeness (QED) is 0.736. The lowest BCUT2D eigenvalue weighted by Gasteiger charge is -2.34. The van der Waals surface area contributed by atoms with Gasteiger partial charge in [0.1, 0.15) is 0 Å². The molecule has 1 N–H and O–H groups in total. The van der Waals surface area contributed by atoms with Crippen molar-refractivity contribution in [1.82, 2.24) is 0 Å². The highest BCUT2D eigenvalue weighted by atomic mass is 32.2. The standard InChI is InChI=1S/C10H13NOS/c1-11-8(6-12)7-13-10-5-3-2-4-9(10)11/h2-5,8,12H,6-7H2,1H3. The first kappa shape index (κ1) is 8.91. The van der Waals surface area contributed by atoms with Gasteiger partial charge in [0.15, 0.2) is 0 Å². The van der Waals surface area contributed by atoms with Crippen molar-refractivity contribution in [2.45, 2.75) is 10.9 Å². The number of likely N-dealkylation sites (N-methyl/N-ethyl adjacent to an activating group) is 1. The second-order valence-corrected chi connectivity index (χ2v) is 4.29. The van der Waals surface area contributed by atoms with Gasteiger partial charge in [0, 0.05) is 17.7 Å². The lowest BCUT2D eigenvalue weighted by atomic mass is 10.2. The van der Waals surface area contributed by atoms with Crippen molar-refractivity contribution in [3.8, 4) is 0 Å². The minimum absolute atomic E-state index is 0.234. The minimum atomic E-state index is 0.234. The van der Waals surface area contributed by atoms with Gasteiger partial charge in [0.2, 0.25) is 0 Å². The maximum Gasteiger partial charge on any atom is 0.0643 e. The molecule has 1 aliphatic heterocycles. The third-order valence-corrected chi connectivity index (χ3v) is 3.64. The van der Waals surface area contributed by atoms with Gasteiger partial charge >= 0.3 is 0 Å². The number of nitrogens with zero attached hydrogens (tertiary/aromatic N) is 1. The van der Waals surface area contributed by atoms with Crippen LogP contribution in [-0.4, -0.2) is 30.6 Å². The molecule has 2 rings (SSSR count). The Balaban J connectivity index is 2.33. The van der Waals surface area contributed by atoms with Crippen molar-refractivity contribution in [3.63, 3.8) is 0 Å². The SMILES string of the molecule is CN1c2ccccc2SCC1CO. The van der Waals surface area contributed by atoms with Gasteiger partial charge in [-0.1, -0.05) is 12.1 Å². The monoisotopic (exact) mass is 195 g/mol. The van der Waals surface area contributed by atoms with E-state index in [9.17, 15) is 0 Å². The number of rotatable bonds is 1. The average molecular weight is 195 g/mol. The average Bonchev–Trinajstić information content (AvgIpc) is 2.19. The van der Waals surface area contributed by atoms with E-state index in [1.54, 1.807) is 0 Å². The number of hydrogen-bond donors (Lipinski definition) is 1. The predicted molar refractivity (Wildman–Crippen MR) is 56.4 cm³/mol. The van der Waals surface area contributed by atoms with Gasteiger partial charge in [-0.25, -0.2) is 0 Å². The lowest BCUT2D eigenvalue weighted by Crippen LogP contribution is -2.39. The van der Waals surface area contributed by atoms with Crippen molar-refractivity contribution < 1.29 is 5.11 Å². The summed E-state index contributed by atoms with van der Waals surface area (Å²) in [6, 6.07) is 8.59. The smallest absolute Gasteiger partial charge is 0.0643 e. The zero-order valence-corrected chi connectivity index (χ0v) is 8.42. The molecule has 0 spiro atoms. The summed E-state index contributed by atoms with van der Waals surface area (Å²) >= 11 is 1.82. The van der Waals surface area contributed by atoms with E-state index in [1.807, 2.05) is 24.9 Å². The van der Waals surface area contributed by atoms with Crippen molar-refractivity contribution in [3.05, 3.63) is 24.3 Å². The van der Waals surface area contributed by atoms with E-state index in [2.05, 4.69) is 23.1 Å². The Hall–Kier alpha value is -0.670. The fourth-order valence-corrected chi connectivity index (χ4v) is 2.78. The molecule has 70 valence electrons. The summed E-state index contributed by atoms with van der Waals surface area (Å²) in [6.45, 7) is 0.234. The Morgan fingerprint density at radius 3 is 3.08 bits per heavy atom. The summed E-state index contributed by atoms with van der Waals surface area (Å²) in [6.07, 6.45) is 0. The normalized spacial score (nSPS) is 21.4. The van der Waals surface area contributed by atoms with Gasteiger partial charge < -0.3 is 10.0 Å². The van der Waals surface area contributed by atoms with Gasteiger partial charge in [-0.3, -0.25) is 0 Å². The Bertz CT molecular complexity index is 303. The maximum atomic E-state index is 9.13. The van der Waals surface area contributed by atoms with Crippen LogP contribution in [0.4, 0.5) is 5.69 Å². The third kappa shape index (κ3) is 1.54. The summed E-state index contributed by atoms with van der Waals surface area (Å²) in [5.41, 5.74) is 1.23. The largest absolute Gasteiger partial charge is 0.394 e. The van der Waals surface area contributed by atoms with E-state index in [1.165, 1.54) is 10.6 Å². The van der Waals surface area contributed by atoms with Crippen LogP contribution in [0, 0.1) is 0 Å². The molecule has 1 heterocycles. The van der Waals surface area contributed by atoms with E-state index in [-0.39, 0.29) is 12.6 Å². The fraction of sp³-hybridized carbons (Fsp3) is 0.400. The number of thioether (sulfide) groups is 1. The van der Waals surface area contributed by atoms with Crippen LogP contribution in [0.15, 0.2) is 29.2 Å². The Morgan fingerprint density at radius 2 is 2.31 bits per heavy atom. The first-order valence-electron chi connectivity index (χ1n) is 4.38. The number of para-hydroxylation sites is 1. The van der Waals surface area contributed by atoms with E-state index in [0.717, 1.165) is 5.75 Å². The number of aliphatic hydroxyl groups is 1. The predicted octanol–water partition coefficient (Wildman–Crippen LogP) is 1.59. The molecule has 13 heavy (non-hydrogen) atoms. The van der Waals surface area contributed by atoms with Gasteiger partial charge in [-0.15, -0.1) is 11.8 Å². The van der Waals surface area contributed by atoms with Crippen molar-refractivity contribution >= 4 is 17.4 Å². The van der Waals surface area contributed by atoms with E-state index in [0.29, 0.717) is 0 Å². The number of hydrogen-bond acceptors (Lipinski definition) is 3. The molecule has 1 aliphatic rings. The highest BCUT2D eigenvalue weighted by Crippen LogP contribution is 2.35. The second-order valence-electron chi connectivity index (χ2n) is 3.23. The van der Waals surface area contributed by atoms with Crippen LogP contribution in [0.3, 0.4) is 0 Å². The topological polar surface area (TPSA) is 23.5 Å². The third-order valence-electron chi connectivity index (χ3n) is 2.43. The second kappa shape index (κ2) is 3.60. The van der Waals surface area contributed by atoms with Gasteiger partial charge in [-0.05, 0) is 12.1 Å². The molecule has 0 radical (unpaired) electrons. The molecule has 1 aromatic rings. The van der Waals surface area contributed by atoms with Crippen molar-refractivity contribution in [2.24, 2.45) is 0 Å². The van der Waals surface area contributed by atoms with Crippen LogP contribution in [0.2, 0.25) is 0 Å². The summed E-state index contributed by atoms with van der Waals surface area (Å²) in [5, 5.41) is 9.13. The summed E-state index contributed by atoms with van der Waals surface area (Å²) < 4.78 is 0. The molecule has 0 saturated heterocycles. The molecular weight excluding hydrogens is 182 g/mol. The lowest BCUT2D eigenvalue weighted by molar-refractivity contribution is 0.271. The molecule has 0 fully saturated rings. The van der Waals surface area contributed by atoms with Gasteiger partial charge in [0.05, 0.1) is 18.3 Å². The molecule has 2 nitrogen and oxygen atoms in total. The Kier molecular flexibility index (Phi) is 2.47. The van der Waals surface area contributed by atoms with Crippen molar-refractivity contribution in [2.75, 3.05) is 24.3 Å². The summed E-state index contributed by atoms with van der Waals surface area (Å²) in [4.78, 5) is 3.47. The number of fused-ring (bicyclic) bond motifs is 1. The number of benzene rings is 1. The van der Waals surface area contributed by atoms with E-state index < -0.39 is 0 Å². The first-order valence-corrected chi connectivity index (χ1v) is 5.37. The van der Waals surface area contributed by atoms with Crippen LogP contribution in [0.5, 0.6) is 0 Å². The van der Waals surface area contributed by atoms with Crippen LogP contribution in [0.25, 0.3) is 0 Å². The molecule has 0 aromatic heterocycles. The van der Waals surface area contributed by atoms with Crippen molar-refractivity contribution in [1.29, 1.82) is 0 Å². The zero-order chi connectivity index (χ0) is 9.26. The van der Waals surface area contributed by atoms with E-state index in [4.69, 9.17) is 5.11 Å². The summed E-state index contributed by atoms with van der Waals surface area (Å²) in [7, 11) is 2.04. The molecule has 1 unspecified atom stereocenters. The maximum absolute atomic E-state index is 9.13. The van der Waals surface area contributed by atoms with Gasteiger partial charge in [-0.2, -0.15) is 0 Å². The Labute approximate surface area is 82.6 Å². The molecule has 0 bridgehead atoms. The molecule has 0 saturated carbocycles. The molecular formula is C10H13NOS. The van der Waals surface area contributed by atoms with Crippen LogP contribution < -0.4 is 4.90 Å². The minimum Gasteiger partial charge on any atom is -0.394 e. The highest BCUT2D eigenvalue weighted by molar-refractivity contribution is 7.99. The fourth-order valence-electron chi connectivity index (χ4n) is 1.54. The first-order chi connectivity index (χ1) is 6.33. The highest BCUT2D eigenvalue weighted by Gasteiger charge is 2.22. The molecule has 1 atom stereocenters. The van der Waals surface area contributed by atoms with Crippen LogP contribution >= 0.6 is 11.8 Å². The summed E-state index contributed by atoms with van der Waals surface area (Å²) in [5.74, 6) is 0.976. The van der Waals surface area contributed by atoms with E-state index >= 15 is 0 Å². The van der Waals surface area contributed by atoms with Crippen LogP contribution in [-0.2, 0) is 0 Å². The zero-order valence-electron chi connectivity index (χ0n) is 7.60.